The third-order valence-corrected chi connectivity index (χ3v) is 3.31. The zero-order valence-electron chi connectivity index (χ0n) is 11.4. The van der Waals surface area contributed by atoms with Crippen LogP contribution in [0.5, 0.6) is 0 Å². The van der Waals surface area contributed by atoms with E-state index in [-0.39, 0.29) is 5.56 Å². The van der Waals surface area contributed by atoms with E-state index in [1.165, 1.54) is 17.7 Å². The number of aryl methyl sites for hydroxylation is 1. The number of halogens is 2. The number of benzene rings is 2. The maximum atomic E-state index is 13.9. The molecule has 2 rings (SSSR count). The van der Waals surface area contributed by atoms with Crippen LogP contribution < -0.4 is 11.3 Å². The van der Waals surface area contributed by atoms with E-state index in [1.807, 2.05) is 24.3 Å². The average molecular weight is 276 g/mol. The molecule has 0 radical (unpaired) electrons. The Morgan fingerprint density at radius 2 is 1.80 bits per heavy atom. The number of hydrogen-bond donors (Lipinski definition) is 2. The Kier molecular flexibility index (Phi) is 4.82. The Bertz CT molecular complexity index is 567. The normalized spacial score (nSPS) is 12.4. The van der Waals surface area contributed by atoms with Crippen molar-refractivity contribution in [2.45, 2.75) is 25.8 Å². The fraction of sp³-hybridized carbons (Fsp3) is 0.250. The third-order valence-electron chi connectivity index (χ3n) is 3.31. The van der Waals surface area contributed by atoms with Gasteiger partial charge in [0.1, 0.15) is 0 Å². The molecule has 4 heteroatoms. The Hall–Kier alpha value is -1.78. The topological polar surface area (TPSA) is 38.0 Å². The molecule has 0 aromatic heterocycles. The van der Waals surface area contributed by atoms with Crippen molar-refractivity contribution < 1.29 is 8.78 Å². The van der Waals surface area contributed by atoms with Gasteiger partial charge in [-0.05, 0) is 23.6 Å². The summed E-state index contributed by atoms with van der Waals surface area (Å²) in [6.45, 7) is 2.11. The molecule has 0 aliphatic carbocycles. The summed E-state index contributed by atoms with van der Waals surface area (Å²) in [5, 5.41) is 0. The molecule has 0 heterocycles. The Labute approximate surface area is 117 Å². The standard InChI is InChI=1S/C16H18F2N2/c1-2-4-11-7-9-12(10-8-11)16(20-19)13-5-3-6-14(17)15(13)18/h3,5-10,16,20H,2,4,19H2,1H3. The number of rotatable bonds is 5. The van der Waals surface area contributed by atoms with Crippen LogP contribution >= 0.6 is 0 Å². The smallest absolute Gasteiger partial charge is 0.163 e. The first-order chi connectivity index (χ1) is 9.67. The molecule has 0 aliphatic heterocycles. The molecule has 0 amide bonds. The average Bonchev–Trinajstić information content (AvgIpc) is 2.46. The van der Waals surface area contributed by atoms with Crippen molar-refractivity contribution in [3.05, 3.63) is 70.8 Å². The van der Waals surface area contributed by atoms with Gasteiger partial charge in [0, 0.05) is 5.56 Å². The Morgan fingerprint density at radius 1 is 1.10 bits per heavy atom. The summed E-state index contributed by atoms with van der Waals surface area (Å²) >= 11 is 0. The summed E-state index contributed by atoms with van der Waals surface area (Å²) in [6, 6.07) is 11.3. The highest BCUT2D eigenvalue weighted by Crippen LogP contribution is 2.25. The van der Waals surface area contributed by atoms with Crippen LogP contribution in [-0.4, -0.2) is 0 Å². The quantitative estimate of drug-likeness (QED) is 0.648. The SMILES string of the molecule is CCCc1ccc(C(NN)c2cccc(F)c2F)cc1. The van der Waals surface area contributed by atoms with Gasteiger partial charge in [0.25, 0.3) is 0 Å². The molecule has 1 atom stereocenters. The minimum Gasteiger partial charge on any atom is -0.271 e. The van der Waals surface area contributed by atoms with Crippen molar-refractivity contribution in [3.8, 4) is 0 Å². The number of hydrogen-bond acceptors (Lipinski definition) is 2. The van der Waals surface area contributed by atoms with E-state index in [0.717, 1.165) is 24.5 Å². The molecule has 0 bridgehead atoms. The van der Waals surface area contributed by atoms with Crippen molar-refractivity contribution in [3.63, 3.8) is 0 Å². The molecule has 106 valence electrons. The molecule has 0 saturated heterocycles. The molecule has 0 saturated carbocycles. The third kappa shape index (κ3) is 3.03. The first kappa shape index (κ1) is 14.6. The summed E-state index contributed by atoms with van der Waals surface area (Å²) in [7, 11) is 0. The molecule has 2 aromatic carbocycles. The number of nitrogens with one attached hydrogen (secondary N) is 1. The van der Waals surface area contributed by atoms with Gasteiger partial charge in [-0.2, -0.15) is 0 Å². The van der Waals surface area contributed by atoms with Gasteiger partial charge in [0.05, 0.1) is 6.04 Å². The zero-order valence-corrected chi connectivity index (χ0v) is 11.4. The fourth-order valence-electron chi connectivity index (χ4n) is 2.27. The first-order valence-corrected chi connectivity index (χ1v) is 6.66. The second kappa shape index (κ2) is 6.59. The van der Waals surface area contributed by atoms with E-state index in [4.69, 9.17) is 5.84 Å². The summed E-state index contributed by atoms with van der Waals surface area (Å²) in [4.78, 5) is 0. The maximum absolute atomic E-state index is 13.9. The molecule has 1 unspecified atom stereocenters. The number of hydrazine groups is 1. The van der Waals surface area contributed by atoms with Gasteiger partial charge in [0.2, 0.25) is 0 Å². The molecule has 20 heavy (non-hydrogen) atoms. The lowest BCUT2D eigenvalue weighted by Crippen LogP contribution is -2.29. The monoisotopic (exact) mass is 276 g/mol. The van der Waals surface area contributed by atoms with Gasteiger partial charge in [-0.25, -0.2) is 14.2 Å². The molecule has 3 N–H and O–H groups in total. The molecule has 0 spiro atoms. The van der Waals surface area contributed by atoms with Crippen LogP contribution in [-0.2, 0) is 6.42 Å². The van der Waals surface area contributed by atoms with E-state index < -0.39 is 17.7 Å². The van der Waals surface area contributed by atoms with Gasteiger partial charge < -0.3 is 0 Å². The van der Waals surface area contributed by atoms with Gasteiger partial charge >= 0.3 is 0 Å². The molecule has 0 aliphatic rings. The van der Waals surface area contributed by atoms with Crippen LogP contribution in [0.4, 0.5) is 8.78 Å². The summed E-state index contributed by atoms with van der Waals surface area (Å²) < 4.78 is 27.2. The largest absolute Gasteiger partial charge is 0.271 e. The van der Waals surface area contributed by atoms with Gasteiger partial charge in [-0.3, -0.25) is 5.84 Å². The maximum Gasteiger partial charge on any atom is 0.163 e. The van der Waals surface area contributed by atoms with E-state index in [2.05, 4.69) is 12.3 Å². The summed E-state index contributed by atoms with van der Waals surface area (Å²) in [6.07, 6.45) is 2.06. The van der Waals surface area contributed by atoms with Crippen molar-refractivity contribution in [2.75, 3.05) is 0 Å². The van der Waals surface area contributed by atoms with Crippen LogP contribution in [0.15, 0.2) is 42.5 Å². The highest BCUT2D eigenvalue weighted by molar-refractivity contribution is 5.34. The van der Waals surface area contributed by atoms with Crippen LogP contribution in [0.1, 0.15) is 36.1 Å². The predicted molar refractivity (Wildman–Crippen MR) is 76.0 cm³/mol. The minimum absolute atomic E-state index is 0.204. The van der Waals surface area contributed by atoms with Crippen LogP contribution in [0.25, 0.3) is 0 Å². The Morgan fingerprint density at radius 3 is 2.40 bits per heavy atom. The minimum atomic E-state index is -0.870. The lowest BCUT2D eigenvalue weighted by Gasteiger charge is -2.18. The lowest BCUT2D eigenvalue weighted by molar-refractivity contribution is 0.483. The van der Waals surface area contributed by atoms with Crippen LogP contribution in [0, 0.1) is 11.6 Å². The second-order valence-corrected chi connectivity index (χ2v) is 4.73. The van der Waals surface area contributed by atoms with E-state index >= 15 is 0 Å². The first-order valence-electron chi connectivity index (χ1n) is 6.66. The molecule has 2 aromatic rings. The highest BCUT2D eigenvalue weighted by atomic mass is 19.2. The molecular formula is C16H18F2N2. The molecule has 2 nitrogen and oxygen atoms in total. The molecule has 0 fully saturated rings. The summed E-state index contributed by atoms with van der Waals surface area (Å²) in [5.41, 5.74) is 4.77. The van der Waals surface area contributed by atoms with E-state index in [9.17, 15) is 8.78 Å². The number of nitrogens with two attached hydrogens (primary N) is 1. The van der Waals surface area contributed by atoms with E-state index in [1.54, 1.807) is 0 Å². The van der Waals surface area contributed by atoms with E-state index in [0.29, 0.717) is 0 Å². The van der Waals surface area contributed by atoms with Crippen molar-refractivity contribution in [2.24, 2.45) is 5.84 Å². The fourth-order valence-corrected chi connectivity index (χ4v) is 2.27. The highest BCUT2D eigenvalue weighted by Gasteiger charge is 2.18. The van der Waals surface area contributed by atoms with Gasteiger partial charge in [0.15, 0.2) is 11.6 Å². The van der Waals surface area contributed by atoms with Gasteiger partial charge in [-0.15, -0.1) is 0 Å². The van der Waals surface area contributed by atoms with Gasteiger partial charge in [-0.1, -0.05) is 49.7 Å². The van der Waals surface area contributed by atoms with Crippen molar-refractivity contribution in [1.29, 1.82) is 0 Å². The second-order valence-electron chi connectivity index (χ2n) is 4.73. The van der Waals surface area contributed by atoms with Crippen molar-refractivity contribution >= 4 is 0 Å². The van der Waals surface area contributed by atoms with Crippen molar-refractivity contribution in [1.82, 2.24) is 5.43 Å². The zero-order chi connectivity index (χ0) is 14.5. The summed E-state index contributed by atoms with van der Waals surface area (Å²) in [5.74, 6) is 3.78. The molecular weight excluding hydrogens is 258 g/mol. The van der Waals surface area contributed by atoms with Crippen LogP contribution in [0.3, 0.4) is 0 Å². The lowest BCUT2D eigenvalue weighted by atomic mass is 9.97. The predicted octanol–water partition coefficient (Wildman–Crippen LogP) is 3.47. The Balaban J connectivity index is 2.34. The van der Waals surface area contributed by atoms with Crippen LogP contribution in [0.2, 0.25) is 0 Å².